The molecule has 1 saturated carbocycles. The van der Waals surface area contributed by atoms with E-state index in [2.05, 4.69) is 29.8 Å². The quantitative estimate of drug-likeness (QED) is 0.871. The van der Waals surface area contributed by atoms with E-state index in [1.165, 1.54) is 11.3 Å². The van der Waals surface area contributed by atoms with Gasteiger partial charge in [0, 0.05) is 23.9 Å². The van der Waals surface area contributed by atoms with E-state index < -0.39 is 0 Å². The highest BCUT2D eigenvalue weighted by atomic mass is 32.1. The lowest BCUT2D eigenvalue weighted by Gasteiger charge is -2.35. The molecule has 1 aromatic rings. The van der Waals surface area contributed by atoms with Crippen LogP contribution < -0.4 is 11.1 Å². The average Bonchev–Trinajstić information content (AvgIpc) is 2.92. The van der Waals surface area contributed by atoms with Gasteiger partial charge in [0.05, 0.1) is 5.41 Å². The molecule has 0 bridgehead atoms. The van der Waals surface area contributed by atoms with Crippen molar-refractivity contribution < 1.29 is 4.79 Å². The molecule has 3 nitrogen and oxygen atoms in total. The summed E-state index contributed by atoms with van der Waals surface area (Å²) in [6.45, 7) is 2.55. The van der Waals surface area contributed by atoms with E-state index in [0.29, 0.717) is 6.54 Å². The van der Waals surface area contributed by atoms with E-state index in [9.17, 15) is 4.79 Å². The van der Waals surface area contributed by atoms with Crippen LogP contribution in [0.15, 0.2) is 17.5 Å². The summed E-state index contributed by atoms with van der Waals surface area (Å²) in [4.78, 5) is 13.8. The summed E-state index contributed by atoms with van der Waals surface area (Å²) in [6, 6.07) is 4.35. The number of hydrogen-bond donors (Lipinski definition) is 2. The molecule has 1 aliphatic carbocycles. The van der Waals surface area contributed by atoms with Gasteiger partial charge in [0.15, 0.2) is 0 Å². The normalized spacial score (nSPS) is 19.9. The molecule has 19 heavy (non-hydrogen) atoms. The van der Waals surface area contributed by atoms with Crippen molar-refractivity contribution in [2.24, 2.45) is 11.1 Å². The first-order valence-electron chi connectivity index (χ1n) is 7.20. The summed E-state index contributed by atoms with van der Waals surface area (Å²) in [7, 11) is 0. The number of rotatable bonds is 5. The van der Waals surface area contributed by atoms with Crippen molar-refractivity contribution in [3.05, 3.63) is 22.4 Å². The number of thiophene rings is 1. The van der Waals surface area contributed by atoms with Gasteiger partial charge in [-0.15, -0.1) is 11.3 Å². The Morgan fingerprint density at radius 1 is 1.47 bits per heavy atom. The van der Waals surface area contributed by atoms with E-state index in [4.69, 9.17) is 5.73 Å². The lowest BCUT2D eigenvalue weighted by atomic mass is 9.73. The fraction of sp³-hybridized carbons (Fsp3) is 0.667. The monoisotopic (exact) mass is 280 g/mol. The Morgan fingerprint density at radius 3 is 2.79 bits per heavy atom. The number of carbonyl (C=O) groups is 1. The van der Waals surface area contributed by atoms with Crippen LogP contribution in [0.3, 0.4) is 0 Å². The van der Waals surface area contributed by atoms with Crippen molar-refractivity contribution in [1.82, 2.24) is 5.32 Å². The van der Waals surface area contributed by atoms with Crippen LogP contribution in [-0.2, 0) is 11.2 Å². The van der Waals surface area contributed by atoms with Gasteiger partial charge in [-0.25, -0.2) is 0 Å². The highest BCUT2D eigenvalue weighted by Crippen LogP contribution is 2.35. The zero-order chi connectivity index (χ0) is 13.7. The van der Waals surface area contributed by atoms with Gasteiger partial charge in [-0.2, -0.15) is 0 Å². The second-order valence-electron chi connectivity index (χ2n) is 5.70. The Morgan fingerprint density at radius 2 is 2.21 bits per heavy atom. The summed E-state index contributed by atoms with van der Waals surface area (Å²) in [5, 5.41) is 5.24. The van der Waals surface area contributed by atoms with E-state index in [-0.39, 0.29) is 17.4 Å². The number of amides is 1. The maximum absolute atomic E-state index is 12.5. The van der Waals surface area contributed by atoms with Crippen LogP contribution in [0, 0.1) is 5.41 Å². The summed E-state index contributed by atoms with van der Waals surface area (Å²) in [6.07, 6.45) is 6.29. The number of nitrogens with two attached hydrogens (primary N) is 1. The predicted octanol–water partition coefficient (Wildman–Crippen LogP) is 2.70. The van der Waals surface area contributed by atoms with Gasteiger partial charge < -0.3 is 11.1 Å². The van der Waals surface area contributed by atoms with Crippen molar-refractivity contribution in [1.29, 1.82) is 0 Å². The third kappa shape index (κ3) is 3.57. The predicted molar refractivity (Wildman–Crippen MR) is 80.2 cm³/mol. The average molecular weight is 280 g/mol. The van der Waals surface area contributed by atoms with Crippen LogP contribution in [0.4, 0.5) is 0 Å². The lowest BCUT2D eigenvalue weighted by Crippen LogP contribution is -2.50. The first-order valence-corrected chi connectivity index (χ1v) is 8.08. The van der Waals surface area contributed by atoms with E-state index in [1.807, 2.05) is 0 Å². The highest BCUT2D eigenvalue weighted by Gasteiger charge is 2.38. The fourth-order valence-electron chi connectivity index (χ4n) is 2.91. The Balaban J connectivity index is 1.91. The molecule has 4 heteroatoms. The van der Waals surface area contributed by atoms with Crippen LogP contribution in [-0.4, -0.2) is 18.5 Å². The van der Waals surface area contributed by atoms with Gasteiger partial charge >= 0.3 is 0 Å². The Labute approximate surface area is 119 Å². The van der Waals surface area contributed by atoms with Gasteiger partial charge in [-0.05, 0) is 31.2 Å². The molecule has 1 unspecified atom stereocenters. The molecule has 3 N–H and O–H groups in total. The highest BCUT2D eigenvalue weighted by molar-refractivity contribution is 7.09. The zero-order valence-corrected chi connectivity index (χ0v) is 12.5. The second-order valence-corrected chi connectivity index (χ2v) is 6.74. The summed E-state index contributed by atoms with van der Waals surface area (Å²) < 4.78 is 0. The molecule has 1 atom stereocenters. The van der Waals surface area contributed by atoms with Crippen LogP contribution in [0.5, 0.6) is 0 Å². The molecule has 0 aliphatic heterocycles. The van der Waals surface area contributed by atoms with Gasteiger partial charge in [-0.1, -0.05) is 25.3 Å². The van der Waals surface area contributed by atoms with Gasteiger partial charge in [0.2, 0.25) is 5.91 Å². The van der Waals surface area contributed by atoms with E-state index >= 15 is 0 Å². The molecule has 1 amide bonds. The summed E-state index contributed by atoms with van der Waals surface area (Å²) in [5.41, 5.74) is 5.59. The second kappa shape index (κ2) is 6.53. The van der Waals surface area contributed by atoms with E-state index in [1.54, 1.807) is 11.3 Å². The molecular weight excluding hydrogens is 256 g/mol. The van der Waals surface area contributed by atoms with Crippen molar-refractivity contribution in [3.8, 4) is 0 Å². The molecule has 1 aromatic heterocycles. The van der Waals surface area contributed by atoms with Crippen molar-refractivity contribution >= 4 is 17.2 Å². The molecule has 1 heterocycles. The van der Waals surface area contributed by atoms with Gasteiger partial charge in [-0.3, -0.25) is 4.79 Å². The minimum atomic E-state index is -0.304. The van der Waals surface area contributed by atoms with Crippen LogP contribution >= 0.6 is 11.3 Å². The number of nitrogens with one attached hydrogen (secondary N) is 1. The van der Waals surface area contributed by atoms with Gasteiger partial charge in [0.25, 0.3) is 0 Å². The smallest absolute Gasteiger partial charge is 0.227 e. The lowest BCUT2D eigenvalue weighted by molar-refractivity contribution is -0.133. The summed E-state index contributed by atoms with van der Waals surface area (Å²) in [5.74, 6) is 0.166. The molecule has 1 aliphatic rings. The van der Waals surface area contributed by atoms with Crippen molar-refractivity contribution in [3.63, 3.8) is 0 Å². The van der Waals surface area contributed by atoms with Crippen LogP contribution in [0.25, 0.3) is 0 Å². The SMILES string of the molecule is CC(Cc1cccs1)NC(=O)C1(CN)CCCCC1. The minimum absolute atomic E-state index is 0.166. The number of hydrogen-bond acceptors (Lipinski definition) is 3. The molecule has 0 spiro atoms. The molecular formula is C15H24N2OS. The standard InChI is InChI=1S/C15H24N2OS/c1-12(10-13-6-5-9-19-13)17-14(18)15(11-16)7-3-2-4-8-15/h5-6,9,12H,2-4,7-8,10-11,16H2,1H3,(H,17,18). The molecule has 0 saturated heterocycles. The van der Waals surface area contributed by atoms with E-state index in [0.717, 1.165) is 32.1 Å². The van der Waals surface area contributed by atoms with Gasteiger partial charge in [0.1, 0.15) is 0 Å². The van der Waals surface area contributed by atoms with Crippen molar-refractivity contribution in [2.45, 2.75) is 51.5 Å². The first-order chi connectivity index (χ1) is 9.16. The van der Waals surface area contributed by atoms with Crippen LogP contribution in [0.1, 0.15) is 43.9 Å². The number of carbonyl (C=O) groups excluding carboxylic acids is 1. The largest absolute Gasteiger partial charge is 0.353 e. The maximum atomic E-state index is 12.5. The third-order valence-corrected chi connectivity index (χ3v) is 5.05. The fourth-order valence-corrected chi connectivity index (χ4v) is 3.75. The van der Waals surface area contributed by atoms with Crippen molar-refractivity contribution in [2.75, 3.05) is 6.54 Å². The minimum Gasteiger partial charge on any atom is -0.353 e. The Kier molecular flexibility index (Phi) is 4.99. The molecule has 0 radical (unpaired) electrons. The maximum Gasteiger partial charge on any atom is 0.227 e. The third-order valence-electron chi connectivity index (χ3n) is 4.15. The molecule has 2 rings (SSSR count). The molecule has 106 valence electrons. The topological polar surface area (TPSA) is 55.1 Å². The molecule has 0 aromatic carbocycles. The first kappa shape index (κ1) is 14.5. The molecule has 1 fully saturated rings. The zero-order valence-electron chi connectivity index (χ0n) is 11.7. The Bertz CT molecular complexity index is 396. The van der Waals surface area contributed by atoms with Crippen LogP contribution in [0.2, 0.25) is 0 Å². The Hall–Kier alpha value is -0.870. The summed E-state index contributed by atoms with van der Waals surface area (Å²) >= 11 is 1.74.